The van der Waals surface area contributed by atoms with Crippen LogP contribution in [-0.4, -0.2) is 27.0 Å². The Morgan fingerprint density at radius 1 is 1.32 bits per heavy atom. The molecule has 0 atom stereocenters. The highest BCUT2D eigenvalue weighted by molar-refractivity contribution is 6.35. The van der Waals surface area contributed by atoms with Crippen LogP contribution < -0.4 is 5.73 Å². The summed E-state index contributed by atoms with van der Waals surface area (Å²) < 4.78 is 5.28. The number of aliphatic imine (C=N–C) groups is 1. The molecule has 1 aromatic carbocycles. The number of nitrogens with two attached hydrogens (primary N) is 1. The molecule has 3 aromatic rings. The minimum Gasteiger partial charge on any atom is -0.463 e. The molecular formula is C14H9ClN4O3. The highest BCUT2D eigenvalue weighted by Gasteiger charge is 2.10. The van der Waals surface area contributed by atoms with E-state index >= 15 is 0 Å². The van der Waals surface area contributed by atoms with E-state index in [4.69, 9.17) is 26.9 Å². The van der Waals surface area contributed by atoms with Crippen molar-refractivity contribution in [3.63, 3.8) is 0 Å². The fraction of sp³-hybridized carbons (Fsp3) is 0. The zero-order valence-electron chi connectivity index (χ0n) is 11.0. The van der Waals surface area contributed by atoms with E-state index < -0.39 is 6.09 Å². The highest BCUT2D eigenvalue weighted by atomic mass is 35.5. The van der Waals surface area contributed by atoms with Crippen LogP contribution in [0.4, 0.5) is 4.79 Å². The van der Waals surface area contributed by atoms with E-state index in [0.717, 1.165) is 10.9 Å². The van der Waals surface area contributed by atoms with Gasteiger partial charge in [0, 0.05) is 10.9 Å². The number of benzene rings is 1. The second-order valence-electron chi connectivity index (χ2n) is 4.37. The maximum Gasteiger partial charge on any atom is 0.433 e. The standard InChI is InChI=1S/C14H9ClN4O3/c15-9-4-8(3-7-1-2-22-12(7)9)10-5-11(18-6-17-10)13(16)19-14(20)21/h1-6H,(H2,16,19)(H,20,21). The maximum absolute atomic E-state index is 10.6. The van der Waals surface area contributed by atoms with Crippen molar-refractivity contribution < 1.29 is 14.3 Å². The molecule has 0 unspecified atom stereocenters. The lowest BCUT2D eigenvalue weighted by molar-refractivity contribution is 0.205. The smallest absolute Gasteiger partial charge is 0.433 e. The minimum absolute atomic E-state index is 0.202. The molecule has 0 spiro atoms. The number of amides is 1. The van der Waals surface area contributed by atoms with Gasteiger partial charge in [-0.1, -0.05) is 11.6 Å². The van der Waals surface area contributed by atoms with Gasteiger partial charge in [0.15, 0.2) is 11.4 Å². The molecule has 2 aromatic heterocycles. The van der Waals surface area contributed by atoms with E-state index in [-0.39, 0.29) is 11.5 Å². The molecule has 0 aliphatic heterocycles. The SMILES string of the molecule is NC(=NC(=O)O)c1cc(-c2cc(Cl)c3occc3c2)ncn1. The van der Waals surface area contributed by atoms with E-state index in [9.17, 15) is 4.79 Å². The van der Waals surface area contributed by atoms with Crippen molar-refractivity contribution >= 4 is 34.5 Å². The van der Waals surface area contributed by atoms with Crippen LogP contribution in [0.2, 0.25) is 5.02 Å². The lowest BCUT2D eigenvalue weighted by Crippen LogP contribution is -2.17. The molecule has 0 bridgehead atoms. The Labute approximate surface area is 129 Å². The van der Waals surface area contributed by atoms with E-state index in [1.54, 1.807) is 24.5 Å². The average Bonchev–Trinajstić information content (AvgIpc) is 2.95. The summed E-state index contributed by atoms with van der Waals surface area (Å²) in [5.74, 6) is -0.202. The number of carboxylic acid groups (broad SMARTS) is 1. The number of carbonyl (C=O) groups is 1. The van der Waals surface area contributed by atoms with Crippen molar-refractivity contribution in [2.24, 2.45) is 10.7 Å². The molecule has 0 aliphatic rings. The van der Waals surface area contributed by atoms with Crippen molar-refractivity contribution in [2.75, 3.05) is 0 Å². The van der Waals surface area contributed by atoms with Gasteiger partial charge in [-0.2, -0.15) is 4.99 Å². The quantitative estimate of drug-likeness (QED) is 0.555. The van der Waals surface area contributed by atoms with Gasteiger partial charge in [-0.25, -0.2) is 14.8 Å². The summed E-state index contributed by atoms with van der Waals surface area (Å²) in [5.41, 5.74) is 7.66. The van der Waals surface area contributed by atoms with Crippen LogP contribution in [0.1, 0.15) is 5.69 Å². The monoisotopic (exact) mass is 316 g/mol. The van der Waals surface area contributed by atoms with Gasteiger partial charge in [0.05, 0.1) is 17.0 Å². The van der Waals surface area contributed by atoms with Crippen molar-refractivity contribution in [3.8, 4) is 11.3 Å². The predicted molar refractivity (Wildman–Crippen MR) is 81.0 cm³/mol. The number of fused-ring (bicyclic) bond motifs is 1. The third kappa shape index (κ3) is 2.61. The average molecular weight is 317 g/mol. The van der Waals surface area contributed by atoms with Crippen LogP contribution in [0.25, 0.3) is 22.2 Å². The molecule has 2 heterocycles. The fourth-order valence-corrected chi connectivity index (χ4v) is 2.27. The Balaban J connectivity index is 2.09. The first-order valence-corrected chi connectivity index (χ1v) is 6.49. The Morgan fingerprint density at radius 2 is 2.14 bits per heavy atom. The van der Waals surface area contributed by atoms with Crippen LogP contribution in [0.15, 0.2) is 46.3 Å². The van der Waals surface area contributed by atoms with Gasteiger partial charge in [-0.15, -0.1) is 0 Å². The second-order valence-corrected chi connectivity index (χ2v) is 4.77. The maximum atomic E-state index is 10.6. The summed E-state index contributed by atoms with van der Waals surface area (Å²) in [7, 11) is 0. The van der Waals surface area contributed by atoms with E-state index in [2.05, 4.69) is 15.0 Å². The largest absolute Gasteiger partial charge is 0.463 e. The zero-order chi connectivity index (χ0) is 15.7. The summed E-state index contributed by atoms with van der Waals surface area (Å²) in [4.78, 5) is 21.8. The van der Waals surface area contributed by atoms with E-state index in [1.807, 2.05) is 6.07 Å². The molecule has 0 fully saturated rings. The van der Waals surface area contributed by atoms with Crippen molar-refractivity contribution in [3.05, 3.63) is 47.6 Å². The fourth-order valence-electron chi connectivity index (χ4n) is 2.00. The minimum atomic E-state index is -1.39. The molecule has 8 heteroatoms. The Morgan fingerprint density at radius 3 is 2.91 bits per heavy atom. The molecule has 110 valence electrons. The molecule has 7 nitrogen and oxygen atoms in total. The Bertz CT molecular complexity index is 904. The van der Waals surface area contributed by atoms with E-state index in [1.165, 1.54) is 6.33 Å². The lowest BCUT2D eigenvalue weighted by atomic mass is 10.1. The third-order valence-electron chi connectivity index (χ3n) is 2.95. The number of rotatable bonds is 2. The van der Waals surface area contributed by atoms with Gasteiger partial charge in [0.25, 0.3) is 0 Å². The number of halogens is 1. The summed E-state index contributed by atoms with van der Waals surface area (Å²) in [5, 5.41) is 9.90. The van der Waals surface area contributed by atoms with Crippen molar-refractivity contribution in [1.29, 1.82) is 0 Å². The topological polar surface area (TPSA) is 115 Å². The van der Waals surface area contributed by atoms with Crippen LogP contribution >= 0.6 is 11.6 Å². The molecule has 1 amide bonds. The number of amidine groups is 1. The van der Waals surface area contributed by atoms with Crippen LogP contribution in [0, 0.1) is 0 Å². The summed E-state index contributed by atoms with van der Waals surface area (Å²) >= 11 is 6.16. The number of hydrogen-bond donors (Lipinski definition) is 2. The Kier molecular flexibility index (Phi) is 3.48. The molecule has 3 N–H and O–H groups in total. The van der Waals surface area contributed by atoms with Gasteiger partial charge in [0.2, 0.25) is 0 Å². The van der Waals surface area contributed by atoms with Gasteiger partial charge in [-0.05, 0) is 24.3 Å². The second kappa shape index (κ2) is 5.45. The number of nitrogens with zero attached hydrogens (tertiary/aromatic N) is 3. The molecular weight excluding hydrogens is 308 g/mol. The van der Waals surface area contributed by atoms with E-state index in [0.29, 0.717) is 16.3 Å². The predicted octanol–water partition coefficient (Wildman–Crippen LogP) is 2.93. The first-order valence-electron chi connectivity index (χ1n) is 6.11. The molecule has 0 radical (unpaired) electrons. The molecule has 22 heavy (non-hydrogen) atoms. The van der Waals surface area contributed by atoms with Gasteiger partial charge in [0.1, 0.15) is 12.0 Å². The highest BCUT2D eigenvalue weighted by Crippen LogP contribution is 2.30. The van der Waals surface area contributed by atoms with Crippen molar-refractivity contribution in [1.82, 2.24) is 9.97 Å². The summed E-state index contributed by atoms with van der Waals surface area (Å²) in [6.45, 7) is 0. The van der Waals surface area contributed by atoms with Crippen molar-refractivity contribution in [2.45, 2.75) is 0 Å². The molecule has 0 saturated heterocycles. The molecule has 0 aliphatic carbocycles. The first kappa shape index (κ1) is 14.0. The number of hydrogen-bond acceptors (Lipinski definition) is 4. The first-order chi connectivity index (χ1) is 10.5. The summed E-state index contributed by atoms with van der Waals surface area (Å²) in [6.07, 6.45) is 1.44. The number of furan rings is 1. The normalized spacial score (nSPS) is 11.8. The molecule has 0 saturated carbocycles. The zero-order valence-corrected chi connectivity index (χ0v) is 11.8. The van der Waals surface area contributed by atoms with Gasteiger partial charge in [-0.3, -0.25) is 0 Å². The summed E-state index contributed by atoms with van der Waals surface area (Å²) in [6, 6.07) is 6.87. The third-order valence-corrected chi connectivity index (χ3v) is 3.23. The lowest BCUT2D eigenvalue weighted by Gasteiger charge is -2.04. The van der Waals surface area contributed by atoms with Crippen LogP contribution in [-0.2, 0) is 0 Å². The van der Waals surface area contributed by atoms with Crippen LogP contribution in [0.3, 0.4) is 0 Å². The van der Waals surface area contributed by atoms with Crippen LogP contribution in [0.5, 0.6) is 0 Å². The van der Waals surface area contributed by atoms with Gasteiger partial charge >= 0.3 is 6.09 Å². The Hall–Kier alpha value is -2.93. The number of aromatic nitrogens is 2. The van der Waals surface area contributed by atoms with Gasteiger partial charge < -0.3 is 15.3 Å². The molecule has 3 rings (SSSR count).